The van der Waals surface area contributed by atoms with Gasteiger partial charge in [-0.1, -0.05) is 29.8 Å². The van der Waals surface area contributed by atoms with Crippen molar-refractivity contribution in [2.45, 2.75) is 58.8 Å². The molecule has 0 radical (unpaired) electrons. The summed E-state index contributed by atoms with van der Waals surface area (Å²) >= 11 is 6.21. The number of nitrogens with one attached hydrogen (secondary N) is 1. The van der Waals surface area contributed by atoms with E-state index in [0.29, 0.717) is 12.2 Å². The molecule has 3 rings (SSSR count). The number of benzene rings is 2. The van der Waals surface area contributed by atoms with E-state index in [-0.39, 0.29) is 17.6 Å². The summed E-state index contributed by atoms with van der Waals surface area (Å²) < 4.78 is 11.9. The minimum Gasteiger partial charge on any atom is -0.487 e. The number of ether oxygens (including phenoxy) is 2. The van der Waals surface area contributed by atoms with Crippen LogP contribution in [0.25, 0.3) is 0 Å². The topological polar surface area (TPSA) is 47.6 Å². The maximum Gasteiger partial charge on any atom is 0.261 e. The summed E-state index contributed by atoms with van der Waals surface area (Å²) in [6.07, 6.45) is 0.0739. The monoisotopic (exact) mass is 387 g/mol. The minimum absolute atomic E-state index is 0.114. The van der Waals surface area contributed by atoms with E-state index < -0.39 is 6.10 Å². The summed E-state index contributed by atoms with van der Waals surface area (Å²) in [5, 5.41) is 3.84. The lowest BCUT2D eigenvalue weighted by molar-refractivity contribution is -0.128. The van der Waals surface area contributed by atoms with Gasteiger partial charge in [0.15, 0.2) is 6.10 Å². The first-order chi connectivity index (χ1) is 12.7. The van der Waals surface area contributed by atoms with Crippen molar-refractivity contribution in [2.24, 2.45) is 0 Å². The third kappa shape index (κ3) is 4.38. The summed E-state index contributed by atoms with van der Waals surface area (Å²) in [6.45, 7) is 9.66. The first-order valence-electron chi connectivity index (χ1n) is 9.18. The van der Waals surface area contributed by atoms with Gasteiger partial charge in [-0.15, -0.1) is 0 Å². The Kier molecular flexibility index (Phi) is 5.38. The van der Waals surface area contributed by atoms with Crippen LogP contribution in [0.2, 0.25) is 5.02 Å². The molecule has 1 N–H and O–H groups in total. The molecule has 2 aromatic carbocycles. The van der Waals surface area contributed by atoms with Crippen LogP contribution in [0.1, 0.15) is 49.9 Å². The first kappa shape index (κ1) is 19.6. The molecule has 27 heavy (non-hydrogen) atoms. The number of hydrogen-bond donors (Lipinski definition) is 1. The highest BCUT2D eigenvalue weighted by molar-refractivity contribution is 6.32. The fourth-order valence-corrected chi connectivity index (χ4v) is 3.56. The fourth-order valence-electron chi connectivity index (χ4n) is 3.45. The second-order valence-corrected chi connectivity index (χ2v) is 8.17. The molecule has 144 valence electrons. The van der Waals surface area contributed by atoms with Crippen molar-refractivity contribution in [3.8, 4) is 11.5 Å². The molecule has 0 aliphatic carbocycles. The zero-order valence-electron chi connectivity index (χ0n) is 16.4. The number of rotatable bonds is 4. The predicted molar refractivity (Wildman–Crippen MR) is 108 cm³/mol. The minimum atomic E-state index is -0.622. The molecule has 1 aliphatic rings. The number of aryl methyl sites for hydroxylation is 2. The summed E-state index contributed by atoms with van der Waals surface area (Å²) in [5.74, 6) is 1.30. The van der Waals surface area contributed by atoms with Crippen molar-refractivity contribution in [3.05, 3.63) is 58.1 Å². The van der Waals surface area contributed by atoms with Gasteiger partial charge in [-0.05, 0) is 63.9 Å². The van der Waals surface area contributed by atoms with Crippen LogP contribution < -0.4 is 14.8 Å². The van der Waals surface area contributed by atoms with E-state index in [0.717, 1.165) is 27.5 Å². The van der Waals surface area contributed by atoms with E-state index in [1.807, 2.05) is 64.1 Å². The van der Waals surface area contributed by atoms with E-state index in [9.17, 15) is 4.79 Å². The molecule has 0 fully saturated rings. The summed E-state index contributed by atoms with van der Waals surface area (Å²) in [5.41, 5.74) is 2.51. The average Bonchev–Trinajstić information content (AvgIpc) is 2.58. The molecule has 1 amide bonds. The zero-order valence-corrected chi connectivity index (χ0v) is 17.2. The van der Waals surface area contributed by atoms with Crippen molar-refractivity contribution in [3.63, 3.8) is 0 Å². The largest absolute Gasteiger partial charge is 0.487 e. The van der Waals surface area contributed by atoms with Gasteiger partial charge in [-0.2, -0.15) is 0 Å². The van der Waals surface area contributed by atoms with Gasteiger partial charge in [0.25, 0.3) is 5.91 Å². The van der Waals surface area contributed by atoms with Crippen molar-refractivity contribution in [2.75, 3.05) is 0 Å². The van der Waals surface area contributed by atoms with E-state index in [2.05, 4.69) is 5.32 Å². The van der Waals surface area contributed by atoms with Crippen LogP contribution in [-0.4, -0.2) is 17.6 Å². The Bertz CT molecular complexity index is 839. The van der Waals surface area contributed by atoms with E-state index >= 15 is 0 Å². The Morgan fingerprint density at radius 2 is 1.89 bits per heavy atom. The number of halogens is 1. The van der Waals surface area contributed by atoms with Crippen molar-refractivity contribution >= 4 is 17.5 Å². The second kappa shape index (κ2) is 7.43. The summed E-state index contributed by atoms with van der Waals surface area (Å²) in [4.78, 5) is 12.8. The van der Waals surface area contributed by atoms with Crippen molar-refractivity contribution in [1.82, 2.24) is 5.32 Å². The maximum absolute atomic E-state index is 12.8. The van der Waals surface area contributed by atoms with Gasteiger partial charge in [-0.3, -0.25) is 4.79 Å². The van der Waals surface area contributed by atoms with Crippen LogP contribution in [0.5, 0.6) is 11.5 Å². The second-order valence-electron chi connectivity index (χ2n) is 7.80. The Labute approximate surface area is 165 Å². The lowest BCUT2D eigenvalue weighted by atomic mass is 9.89. The number of para-hydroxylation sites is 1. The van der Waals surface area contributed by atoms with Gasteiger partial charge in [-0.25, -0.2) is 0 Å². The van der Waals surface area contributed by atoms with Gasteiger partial charge >= 0.3 is 0 Å². The zero-order chi connectivity index (χ0) is 19.8. The molecular formula is C22H26ClNO3. The molecule has 0 saturated heterocycles. The molecule has 0 bridgehead atoms. The molecular weight excluding hydrogens is 362 g/mol. The predicted octanol–water partition coefficient (Wildman–Crippen LogP) is 5.14. The first-order valence-corrected chi connectivity index (χ1v) is 9.56. The molecule has 5 heteroatoms. The average molecular weight is 388 g/mol. The van der Waals surface area contributed by atoms with Crippen LogP contribution >= 0.6 is 11.6 Å². The van der Waals surface area contributed by atoms with Crippen LogP contribution in [0, 0.1) is 13.8 Å². The Morgan fingerprint density at radius 1 is 1.26 bits per heavy atom. The molecule has 0 unspecified atom stereocenters. The standard InChI is InChI=1S/C22H26ClNO3/c1-13-10-16(11-14(2)20(13)23)26-15(3)21(25)24-18-12-22(4,5)27-19-9-7-6-8-17(18)19/h6-11,15,18H,12H2,1-5H3,(H,24,25)/t15-,18-/m0/s1. The molecule has 2 aromatic rings. The third-order valence-corrected chi connectivity index (χ3v) is 5.38. The maximum atomic E-state index is 12.8. The molecule has 0 saturated carbocycles. The molecule has 4 nitrogen and oxygen atoms in total. The van der Waals surface area contributed by atoms with Gasteiger partial charge in [0.05, 0.1) is 6.04 Å². The van der Waals surface area contributed by atoms with Gasteiger partial charge in [0, 0.05) is 17.0 Å². The normalized spacial score (nSPS) is 18.8. The molecule has 2 atom stereocenters. The van der Waals surface area contributed by atoms with Crippen molar-refractivity contribution in [1.29, 1.82) is 0 Å². The van der Waals surface area contributed by atoms with Gasteiger partial charge in [0.2, 0.25) is 0 Å². The fraction of sp³-hybridized carbons (Fsp3) is 0.409. The van der Waals surface area contributed by atoms with Crippen LogP contribution in [0.3, 0.4) is 0 Å². The lowest BCUT2D eigenvalue weighted by Gasteiger charge is -2.38. The number of fused-ring (bicyclic) bond motifs is 1. The van der Waals surface area contributed by atoms with Gasteiger partial charge < -0.3 is 14.8 Å². The number of carbonyl (C=O) groups excluding carboxylic acids is 1. The number of amides is 1. The quantitative estimate of drug-likeness (QED) is 0.789. The highest BCUT2D eigenvalue weighted by Gasteiger charge is 2.35. The van der Waals surface area contributed by atoms with E-state index in [4.69, 9.17) is 21.1 Å². The molecule has 1 aliphatic heterocycles. The molecule has 0 aromatic heterocycles. The number of hydrogen-bond acceptors (Lipinski definition) is 3. The van der Waals surface area contributed by atoms with Gasteiger partial charge in [0.1, 0.15) is 17.1 Å². The number of carbonyl (C=O) groups is 1. The highest BCUT2D eigenvalue weighted by atomic mass is 35.5. The Hall–Kier alpha value is -2.20. The Balaban J connectivity index is 1.73. The Morgan fingerprint density at radius 3 is 2.56 bits per heavy atom. The van der Waals surface area contributed by atoms with Crippen LogP contribution in [0.15, 0.2) is 36.4 Å². The summed E-state index contributed by atoms with van der Waals surface area (Å²) in [6, 6.07) is 11.4. The highest BCUT2D eigenvalue weighted by Crippen LogP contribution is 2.39. The molecule has 0 spiro atoms. The third-order valence-electron chi connectivity index (χ3n) is 4.78. The smallest absolute Gasteiger partial charge is 0.261 e. The summed E-state index contributed by atoms with van der Waals surface area (Å²) in [7, 11) is 0. The van der Waals surface area contributed by atoms with E-state index in [1.165, 1.54) is 0 Å². The van der Waals surface area contributed by atoms with Crippen LogP contribution in [0.4, 0.5) is 0 Å². The van der Waals surface area contributed by atoms with E-state index in [1.54, 1.807) is 6.92 Å². The van der Waals surface area contributed by atoms with Crippen molar-refractivity contribution < 1.29 is 14.3 Å². The SMILES string of the molecule is Cc1cc(O[C@@H](C)C(=O)N[C@H]2CC(C)(C)Oc3ccccc32)cc(C)c1Cl. The lowest BCUT2D eigenvalue weighted by Crippen LogP contribution is -2.44. The van der Waals surface area contributed by atoms with Crippen LogP contribution in [-0.2, 0) is 4.79 Å². The molecule has 1 heterocycles.